The third kappa shape index (κ3) is 4.96. The lowest BCUT2D eigenvalue weighted by Gasteiger charge is -2.35. The van der Waals surface area contributed by atoms with Crippen LogP contribution < -0.4 is 4.90 Å². The number of hydrogen-bond donors (Lipinski definition) is 0. The summed E-state index contributed by atoms with van der Waals surface area (Å²) in [7, 11) is 0. The van der Waals surface area contributed by atoms with Gasteiger partial charge in [0, 0.05) is 32.4 Å². The molecule has 1 fully saturated rings. The van der Waals surface area contributed by atoms with Crippen LogP contribution in [0.5, 0.6) is 0 Å². The maximum Gasteiger partial charge on any atom is 0.417 e. The Labute approximate surface area is 190 Å². The number of benzene rings is 1. The topological polar surface area (TPSA) is 80.0 Å². The van der Waals surface area contributed by atoms with E-state index in [0.717, 1.165) is 18.0 Å². The van der Waals surface area contributed by atoms with E-state index in [0.29, 0.717) is 31.3 Å². The van der Waals surface area contributed by atoms with Crippen molar-refractivity contribution in [3.8, 4) is 5.69 Å². The van der Waals surface area contributed by atoms with Gasteiger partial charge in [0.05, 0.1) is 22.0 Å². The number of nitrogens with zero attached hydrogens (tertiary/aromatic N) is 7. The van der Waals surface area contributed by atoms with Crippen LogP contribution in [0.25, 0.3) is 5.69 Å². The molecule has 0 aliphatic carbocycles. The SMILES string of the molecule is O=C(CSc1nnnn1-c1ccccc1)N1CCN(c2ncc(C(F)(F)F)cc2Cl)CC1. The van der Waals surface area contributed by atoms with Crippen LogP contribution in [0.15, 0.2) is 47.8 Å². The van der Waals surface area contributed by atoms with Crippen molar-refractivity contribution in [3.63, 3.8) is 0 Å². The smallest absolute Gasteiger partial charge is 0.352 e. The number of alkyl halides is 3. The van der Waals surface area contributed by atoms with Crippen LogP contribution >= 0.6 is 23.4 Å². The Morgan fingerprint density at radius 2 is 1.84 bits per heavy atom. The Kier molecular flexibility index (Phi) is 6.51. The minimum absolute atomic E-state index is 0.0668. The van der Waals surface area contributed by atoms with Crippen molar-refractivity contribution >= 4 is 35.1 Å². The first-order valence-corrected chi connectivity index (χ1v) is 10.9. The standard InChI is InChI=1S/C19H17ClF3N7OS/c20-15-10-13(19(21,22)23)11-24-17(15)29-8-6-28(7-9-29)16(31)12-32-18-25-26-27-30(18)14-4-2-1-3-5-14/h1-5,10-11H,6-9,12H2. The molecule has 3 aromatic rings. The number of anilines is 1. The molecule has 0 N–H and O–H groups in total. The molecule has 0 bridgehead atoms. The van der Waals surface area contributed by atoms with Gasteiger partial charge in [-0.05, 0) is 28.6 Å². The summed E-state index contributed by atoms with van der Waals surface area (Å²) in [5.74, 6) is 0.360. The van der Waals surface area contributed by atoms with Crippen molar-refractivity contribution < 1.29 is 18.0 Å². The molecule has 1 saturated heterocycles. The number of hydrogen-bond acceptors (Lipinski definition) is 7. The van der Waals surface area contributed by atoms with Crippen LogP contribution in [-0.4, -0.2) is 67.9 Å². The third-order valence-corrected chi connectivity index (χ3v) is 6.03. The summed E-state index contributed by atoms with van der Waals surface area (Å²) in [6.45, 7) is 1.64. The lowest BCUT2D eigenvalue weighted by Crippen LogP contribution is -2.49. The van der Waals surface area contributed by atoms with Crippen molar-refractivity contribution in [2.75, 3.05) is 36.8 Å². The molecule has 1 aliphatic heterocycles. The Hall–Kier alpha value is -2.86. The average Bonchev–Trinajstić information content (AvgIpc) is 3.26. The van der Waals surface area contributed by atoms with E-state index >= 15 is 0 Å². The van der Waals surface area contributed by atoms with Gasteiger partial charge in [-0.3, -0.25) is 4.79 Å². The molecular formula is C19H17ClF3N7OS. The second-order valence-electron chi connectivity index (χ2n) is 6.89. The van der Waals surface area contributed by atoms with Gasteiger partial charge in [-0.25, -0.2) is 4.98 Å². The summed E-state index contributed by atoms with van der Waals surface area (Å²) >= 11 is 7.27. The molecule has 1 aromatic carbocycles. The highest BCUT2D eigenvalue weighted by Gasteiger charge is 2.32. The summed E-state index contributed by atoms with van der Waals surface area (Å²) in [5.41, 5.74) is -0.100. The predicted octanol–water partition coefficient (Wildman–Crippen LogP) is 3.17. The van der Waals surface area contributed by atoms with Crippen LogP contribution in [0.2, 0.25) is 5.02 Å². The van der Waals surface area contributed by atoms with Gasteiger partial charge in [0.25, 0.3) is 0 Å². The zero-order valence-electron chi connectivity index (χ0n) is 16.5. The number of carbonyl (C=O) groups excluding carboxylic acids is 1. The first kappa shape index (κ1) is 22.3. The van der Waals surface area contributed by atoms with Crippen molar-refractivity contribution in [3.05, 3.63) is 53.2 Å². The fraction of sp³-hybridized carbons (Fsp3) is 0.316. The number of carbonyl (C=O) groups is 1. The molecule has 168 valence electrons. The van der Waals surface area contributed by atoms with Crippen molar-refractivity contribution in [1.82, 2.24) is 30.1 Å². The summed E-state index contributed by atoms with van der Waals surface area (Å²) in [4.78, 5) is 20.0. The van der Waals surface area contributed by atoms with Gasteiger partial charge < -0.3 is 9.80 Å². The van der Waals surface area contributed by atoms with E-state index in [1.807, 2.05) is 30.3 Å². The fourth-order valence-corrected chi connectivity index (χ4v) is 4.28. The third-order valence-electron chi connectivity index (χ3n) is 4.85. The first-order valence-electron chi connectivity index (χ1n) is 9.55. The molecule has 3 heterocycles. The van der Waals surface area contributed by atoms with Crippen LogP contribution in [-0.2, 0) is 11.0 Å². The molecule has 0 saturated carbocycles. The maximum atomic E-state index is 12.8. The summed E-state index contributed by atoms with van der Waals surface area (Å²) in [6, 6.07) is 10.2. The molecule has 1 aliphatic rings. The summed E-state index contributed by atoms with van der Waals surface area (Å²) in [6.07, 6.45) is -3.73. The van der Waals surface area contributed by atoms with Crippen LogP contribution in [0.3, 0.4) is 0 Å². The van der Waals surface area contributed by atoms with Gasteiger partial charge in [-0.1, -0.05) is 41.6 Å². The summed E-state index contributed by atoms with van der Waals surface area (Å²) < 4.78 is 40.0. The Balaban J connectivity index is 1.33. The lowest BCUT2D eigenvalue weighted by molar-refractivity contribution is -0.137. The van der Waals surface area contributed by atoms with Crippen molar-refractivity contribution in [2.24, 2.45) is 0 Å². The molecule has 1 amide bonds. The van der Waals surface area contributed by atoms with E-state index in [4.69, 9.17) is 11.6 Å². The largest absolute Gasteiger partial charge is 0.417 e. The van der Waals surface area contributed by atoms with E-state index in [1.54, 1.807) is 14.5 Å². The zero-order chi connectivity index (χ0) is 22.7. The molecule has 0 radical (unpaired) electrons. The van der Waals surface area contributed by atoms with Crippen LogP contribution in [0, 0.1) is 0 Å². The van der Waals surface area contributed by atoms with Gasteiger partial charge >= 0.3 is 6.18 Å². The lowest BCUT2D eigenvalue weighted by atomic mass is 10.2. The quantitative estimate of drug-likeness (QED) is 0.516. The fourth-order valence-electron chi connectivity index (χ4n) is 3.20. The normalized spacial score (nSPS) is 14.6. The maximum absolute atomic E-state index is 12.8. The first-order chi connectivity index (χ1) is 15.3. The van der Waals surface area contributed by atoms with Gasteiger partial charge in [-0.2, -0.15) is 17.9 Å². The van der Waals surface area contributed by atoms with E-state index < -0.39 is 11.7 Å². The van der Waals surface area contributed by atoms with Gasteiger partial charge in [0.15, 0.2) is 0 Å². The molecule has 0 spiro atoms. The minimum atomic E-state index is -4.50. The number of pyridine rings is 1. The van der Waals surface area contributed by atoms with E-state index in [-0.39, 0.29) is 22.5 Å². The molecule has 2 aromatic heterocycles. The second kappa shape index (κ2) is 9.33. The number of amides is 1. The zero-order valence-corrected chi connectivity index (χ0v) is 18.1. The molecular weight excluding hydrogens is 467 g/mol. The molecule has 0 unspecified atom stereocenters. The number of tetrazole rings is 1. The minimum Gasteiger partial charge on any atom is -0.352 e. The number of thioether (sulfide) groups is 1. The van der Waals surface area contributed by atoms with E-state index in [2.05, 4.69) is 20.5 Å². The Morgan fingerprint density at radius 1 is 1.12 bits per heavy atom. The number of para-hydroxylation sites is 1. The molecule has 0 atom stereocenters. The van der Waals surface area contributed by atoms with Crippen molar-refractivity contribution in [1.29, 1.82) is 0 Å². The van der Waals surface area contributed by atoms with Gasteiger partial charge in [0.1, 0.15) is 5.82 Å². The van der Waals surface area contributed by atoms with Gasteiger partial charge in [-0.15, -0.1) is 5.10 Å². The van der Waals surface area contributed by atoms with E-state index in [1.165, 1.54) is 11.8 Å². The molecule has 32 heavy (non-hydrogen) atoms. The highest BCUT2D eigenvalue weighted by Crippen LogP contribution is 2.33. The molecule has 8 nitrogen and oxygen atoms in total. The summed E-state index contributed by atoms with van der Waals surface area (Å²) in [5, 5.41) is 12.1. The Bertz CT molecular complexity index is 1090. The van der Waals surface area contributed by atoms with Crippen molar-refractivity contribution in [2.45, 2.75) is 11.3 Å². The molecule has 13 heteroatoms. The Morgan fingerprint density at radius 3 is 2.50 bits per heavy atom. The van der Waals surface area contributed by atoms with Crippen LogP contribution in [0.4, 0.5) is 19.0 Å². The number of halogens is 4. The van der Waals surface area contributed by atoms with E-state index in [9.17, 15) is 18.0 Å². The second-order valence-corrected chi connectivity index (χ2v) is 8.24. The number of rotatable bonds is 5. The monoisotopic (exact) mass is 483 g/mol. The number of piperazine rings is 1. The highest BCUT2D eigenvalue weighted by atomic mass is 35.5. The van der Waals surface area contributed by atoms with Gasteiger partial charge in [0.2, 0.25) is 11.1 Å². The number of aromatic nitrogens is 5. The average molecular weight is 484 g/mol. The van der Waals surface area contributed by atoms with Crippen LogP contribution in [0.1, 0.15) is 5.56 Å². The predicted molar refractivity (Wildman–Crippen MR) is 113 cm³/mol. The highest BCUT2D eigenvalue weighted by molar-refractivity contribution is 7.99. The molecule has 4 rings (SSSR count).